The highest BCUT2D eigenvalue weighted by Gasteiger charge is 2.36. The quantitative estimate of drug-likeness (QED) is 0.501. The first kappa shape index (κ1) is 21.2. The molecule has 2 saturated carbocycles. The van der Waals surface area contributed by atoms with Gasteiger partial charge in [0.05, 0.1) is 13.2 Å². The average Bonchev–Trinajstić information content (AvgIpc) is 2.69. The fourth-order valence-electron chi connectivity index (χ4n) is 5.72. The number of hydrogen-bond acceptors (Lipinski definition) is 2. The van der Waals surface area contributed by atoms with Crippen LogP contribution in [-0.2, 0) is 9.47 Å². The summed E-state index contributed by atoms with van der Waals surface area (Å²) in [5.41, 5.74) is 0. The molecule has 0 aromatic carbocycles. The van der Waals surface area contributed by atoms with Crippen molar-refractivity contribution in [3.8, 4) is 0 Å². The van der Waals surface area contributed by atoms with Gasteiger partial charge < -0.3 is 9.47 Å². The first-order valence-electron chi connectivity index (χ1n) is 11.3. The smallest absolute Gasteiger partial charge is 0.266 e. The SMILES string of the molecule is CCCC(C)C1CCC(C2COC(C3CCC(C=C(F)F)CC3)OC2)CC1. The molecule has 0 radical (unpaired) electrons. The molecule has 1 heterocycles. The van der Waals surface area contributed by atoms with E-state index in [0.29, 0.717) is 11.8 Å². The first-order valence-corrected chi connectivity index (χ1v) is 11.3. The Labute approximate surface area is 164 Å². The van der Waals surface area contributed by atoms with Crippen LogP contribution in [0.15, 0.2) is 12.2 Å². The molecule has 3 fully saturated rings. The third-order valence-corrected chi connectivity index (χ3v) is 7.54. The molecule has 156 valence electrons. The Morgan fingerprint density at radius 3 is 2.04 bits per heavy atom. The van der Waals surface area contributed by atoms with Gasteiger partial charge in [0.15, 0.2) is 6.29 Å². The average molecular weight is 385 g/mol. The molecule has 0 N–H and O–H groups in total. The Bertz CT molecular complexity index is 453. The number of allylic oxidation sites excluding steroid dienone is 1. The summed E-state index contributed by atoms with van der Waals surface area (Å²) >= 11 is 0. The van der Waals surface area contributed by atoms with E-state index < -0.39 is 6.08 Å². The highest BCUT2D eigenvalue weighted by Crippen LogP contribution is 2.41. The number of halogens is 2. The van der Waals surface area contributed by atoms with Gasteiger partial charge in [-0.1, -0.05) is 26.7 Å². The lowest BCUT2D eigenvalue weighted by molar-refractivity contribution is -0.237. The number of rotatable bonds is 6. The van der Waals surface area contributed by atoms with E-state index in [0.717, 1.165) is 62.7 Å². The molecule has 3 rings (SSSR count). The zero-order chi connectivity index (χ0) is 19.2. The van der Waals surface area contributed by atoms with Crippen LogP contribution in [0, 0.1) is 35.5 Å². The molecule has 1 unspecified atom stereocenters. The monoisotopic (exact) mass is 384 g/mol. The van der Waals surface area contributed by atoms with Crippen LogP contribution in [0.5, 0.6) is 0 Å². The van der Waals surface area contributed by atoms with Crippen molar-refractivity contribution in [1.82, 2.24) is 0 Å². The molecule has 1 atom stereocenters. The molecule has 27 heavy (non-hydrogen) atoms. The normalized spacial score (nSPS) is 39.0. The second-order valence-corrected chi connectivity index (χ2v) is 9.37. The fourth-order valence-corrected chi connectivity index (χ4v) is 5.72. The molecule has 0 aromatic heterocycles. The molecule has 1 saturated heterocycles. The first-order chi connectivity index (χ1) is 13.1. The maximum Gasteiger partial charge on any atom is 0.266 e. The van der Waals surface area contributed by atoms with Gasteiger partial charge in [0.1, 0.15) is 0 Å². The zero-order valence-corrected chi connectivity index (χ0v) is 17.2. The van der Waals surface area contributed by atoms with E-state index in [9.17, 15) is 8.78 Å². The third kappa shape index (κ3) is 6.00. The Morgan fingerprint density at radius 2 is 1.48 bits per heavy atom. The van der Waals surface area contributed by atoms with Crippen molar-refractivity contribution in [3.63, 3.8) is 0 Å². The Hall–Kier alpha value is -0.480. The van der Waals surface area contributed by atoms with E-state index in [-0.39, 0.29) is 12.2 Å². The van der Waals surface area contributed by atoms with Crippen LogP contribution in [0.1, 0.15) is 78.1 Å². The Balaban J connectivity index is 1.37. The van der Waals surface area contributed by atoms with Crippen molar-refractivity contribution < 1.29 is 18.3 Å². The van der Waals surface area contributed by atoms with Gasteiger partial charge in [0.2, 0.25) is 0 Å². The van der Waals surface area contributed by atoms with Crippen molar-refractivity contribution in [2.75, 3.05) is 13.2 Å². The van der Waals surface area contributed by atoms with Crippen LogP contribution in [-0.4, -0.2) is 19.5 Å². The maximum atomic E-state index is 12.4. The van der Waals surface area contributed by atoms with Crippen molar-refractivity contribution in [2.24, 2.45) is 35.5 Å². The van der Waals surface area contributed by atoms with Gasteiger partial charge in [-0.3, -0.25) is 0 Å². The highest BCUT2D eigenvalue weighted by atomic mass is 19.3. The van der Waals surface area contributed by atoms with E-state index in [4.69, 9.17) is 9.47 Å². The van der Waals surface area contributed by atoms with Gasteiger partial charge >= 0.3 is 0 Å². The van der Waals surface area contributed by atoms with Crippen LogP contribution in [0.2, 0.25) is 0 Å². The van der Waals surface area contributed by atoms with Gasteiger partial charge in [-0.25, -0.2) is 0 Å². The molecule has 0 bridgehead atoms. The lowest BCUT2D eigenvalue weighted by Crippen LogP contribution is -2.41. The molecule has 2 nitrogen and oxygen atoms in total. The molecule has 4 heteroatoms. The molecule has 1 aliphatic heterocycles. The van der Waals surface area contributed by atoms with Crippen LogP contribution < -0.4 is 0 Å². The third-order valence-electron chi connectivity index (χ3n) is 7.54. The summed E-state index contributed by atoms with van der Waals surface area (Å²) in [5, 5.41) is 0. The Morgan fingerprint density at radius 1 is 0.889 bits per heavy atom. The van der Waals surface area contributed by atoms with Crippen LogP contribution in [0.4, 0.5) is 8.78 Å². The Kier molecular flexibility index (Phi) is 8.13. The predicted molar refractivity (Wildman–Crippen MR) is 104 cm³/mol. The van der Waals surface area contributed by atoms with E-state index in [1.54, 1.807) is 0 Å². The highest BCUT2D eigenvalue weighted by molar-refractivity contribution is 4.91. The lowest BCUT2D eigenvalue weighted by atomic mass is 9.71. The summed E-state index contributed by atoms with van der Waals surface area (Å²) in [5.74, 6) is 3.50. The summed E-state index contributed by atoms with van der Waals surface area (Å²) in [4.78, 5) is 0. The molecule has 0 spiro atoms. The van der Waals surface area contributed by atoms with Crippen molar-refractivity contribution in [3.05, 3.63) is 12.2 Å². The van der Waals surface area contributed by atoms with Crippen LogP contribution in [0.25, 0.3) is 0 Å². The summed E-state index contributed by atoms with van der Waals surface area (Å²) in [6, 6.07) is 0. The summed E-state index contributed by atoms with van der Waals surface area (Å²) in [7, 11) is 0. The molecule has 0 aromatic rings. The van der Waals surface area contributed by atoms with E-state index in [1.165, 1.54) is 38.5 Å². The second-order valence-electron chi connectivity index (χ2n) is 9.37. The van der Waals surface area contributed by atoms with Gasteiger partial charge in [0, 0.05) is 11.8 Å². The largest absolute Gasteiger partial charge is 0.352 e. The van der Waals surface area contributed by atoms with Crippen LogP contribution in [0.3, 0.4) is 0 Å². The number of hydrogen-bond donors (Lipinski definition) is 0. The molecule has 2 aliphatic carbocycles. The summed E-state index contributed by atoms with van der Waals surface area (Å²) in [6.45, 7) is 6.36. The minimum Gasteiger partial charge on any atom is -0.352 e. The molecule has 0 amide bonds. The fraction of sp³-hybridized carbons (Fsp3) is 0.913. The molecular weight excluding hydrogens is 346 g/mol. The second kappa shape index (κ2) is 10.3. The van der Waals surface area contributed by atoms with E-state index in [2.05, 4.69) is 13.8 Å². The van der Waals surface area contributed by atoms with E-state index in [1.807, 2.05) is 0 Å². The lowest BCUT2D eigenvalue weighted by Gasteiger charge is -2.41. The van der Waals surface area contributed by atoms with E-state index >= 15 is 0 Å². The molecule has 3 aliphatic rings. The minimum absolute atomic E-state index is 0.0351. The van der Waals surface area contributed by atoms with Crippen molar-refractivity contribution in [1.29, 1.82) is 0 Å². The van der Waals surface area contributed by atoms with Gasteiger partial charge in [-0.05, 0) is 81.1 Å². The van der Waals surface area contributed by atoms with Crippen molar-refractivity contribution >= 4 is 0 Å². The predicted octanol–water partition coefficient (Wildman–Crippen LogP) is 6.80. The summed E-state index contributed by atoms with van der Waals surface area (Å²) in [6.07, 6.45) is 11.1. The van der Waals surface area contributed by atoms with Crippen molar-refractivity contribution in [2.45, 2.75) is 84.3 Å². The standard InChI is InChI=1S/C23H38F2O2/c1-3-4-16(2)18-9-11-19(12-10-18)21-14-26-23(27-15-21)20-7-5-17(6-8-20)13-22(24)25/h13,16-21,23H,3-12,14-15H2,1-2H3. The topological polar surface area (TPSA) is 18.5 Å². The van der Waals surface area contributed by atoms with Gasteiger partial charge in [-0.2, -0.15) is 8.78 Å². The van der Waals surface area contributed by atoms with Gasteiger partial charge in [-0.15, -0.1) is 0 Å². The van der Waals surface area contributed by atoms with Gasteiger partial charge in [0.25, 0.3) is 6.08 Å². The van der Waals surface area contributed by atoms with Crippen LogP contribution >= 0.6 is 0 Å². The summed E-state index contributed by atoms with van der Waals surface area (Å²) < 4.78 is 37.1. The number of ether oxygens (including phenoxy) is 2. The zero-order valence-electron chi connectivity index (χ0n) is 17.2. The minimum atomic E-state index is -1.54. The molecular formula is C23H38F2O2. The maximum absolute atomic E-state index is 12.4.